The maximum Gasteiger partial charge on any atom is 0.254 e. The second-order valence-electron chi connectivity index (χ2n) is 9.58. The zero-order chi connectivity index (χ0) is 27.4. The summed E-state index contributed by atoms with van der Waals surface area (Å²) in [6, 6.07) is 18.0. The highest BCUT2D eigenvalue weighted by atomic mass is 35.5. The van der Waals surface area contributed by atoms with Gasteiger partial charge in [-0.25, -0.2) is 4.39 Å². The molecule has 2 aliphatic rings. The van der Waals surface area contributed by atoms with Gasteiger partial charge in [-0.05, 0) is 54.4 Å². The minimum Gasteiger partial charge on any atom is -0.494 e. The fraction of sp³-hybridized carbons (Fsp3) is 0.333. The molecule has 3 aromatic carbocycles. The molecule has 0 bridgehead atoms. The average molecular weight is 552 g/mol. The van der Waals surface area contributed by atoms with Crippen LogP contribution < -0.4 is 10.1 Å². The maximum absolute atomic E-state index is 14.0. The summed E-state index contributed by atoms with van der Waals surface area (Å²) >= 11 is 6.25. The summed E-state index contributed by atoms with van der Waals surface area (Å²) in [7, 11) is 0. The number of amides is 2. The molecule has 0 spiro atoms. The van der Waals surface area contributed by atoms with Crippen LogP contribution in [0, 0.1) is 5.82 Å². The third-order valence-electron chi connectivity index (χ3n) is 7.20. The van der Waals surface area contributed by atoms with E-state index in [1.54, 1.807) is 17.0 Å². The normalized spacial score (nSPS) is 19.5. The summed E-state index contributed by atoms with van der Waals surface area (Å²) in [5.41, 5.74) is 2.25. The number of ether oxygens (including phenoxy) is 2. The topological polar surface area (TPSA) is 71.1 Å². The van der Waals surface area contributed by atoms with Gasteiger partial charge in [0.05, 0.1) is 42.5 Å². The highest BCUT2D eigenvalue weighted by molar-refractivity contribution is 6.33. The fourth-order valence-corrected chi connectivity index (χ4v) is 5.51. The minimum absolute atomic E-state index is 0.102. The lowest BCUT2D eigenvalue weighted by atomic mass is 9.79. The van der Waals surface area contributed by atoms with Crippen molar-refractivity contribution in [3.8, 4) is 5.75 Å². The van der Waals surface area contributed by atoms with Crippen molar-refractivity contribution in [3.05, 3.63) is 94.3 Å². The van der Waals surface area contributed by atoms with Crippen LogP contribution in [0.5, 0.6) is 5.75 Å². The molecular formula is C30H31ClFN3O4. The van der Waals surface area contributed by atoms with E-state index in [1.165, 1.54) is 12.1 Å². The van der Waals surface area contributed by atoms with Gasteiger partial charge in [-0.3, -0.25) is 14.5 Å². The fourth-order valence-electron chi connectivity index (χ4n) is 5.29. The van der Waals surface area contributed by atoms with Crippen LogP contribution >= 0.6 is 11.6 Å². The number of morpholine rings is 1. The smallest absolute Gasteiger partial charge is 0.254 e. The molecule has 9 heteroatoms. The molecule has 0 aliphatic carbocycles. The Balaban J connectivity index is 1.55. The highest BCUT2D eigenvalue weighted by Gasteiger charge is 2.44. The molecule has 0 unspecified atom stereocenters. The zero-order valence-corrected chi connectivity index (χ0v) is 22.5. The van der Waals surface area contributed by atoms with E-state index in [9.17, 15) is 14.0 Å². The van der Waals surface area contributed by atoms with Crippen LogP contribution in [0.1, 0.15) is 40.4 Å². The van der Waals surface area contributed by atoms with Crippen LogP contribution in [0.4, 0.5) is 10.1 Å². The summed E-state index contributed by atoms with van der Waals surface area (Å²) in [5, 5.41) is 3.00. The van der Waals surface area contributed by atoms with E-state index in [-0.39, 0.29) is 16.8 Å². The molecule has 204 valence electrons. The second-order valence-corrected chi connectivity index (χ2v) is 9.98. The Kier molecular flexibility index (Phi) is 8.45. The molecule has 39 heavy (non-hydrogen) atoms. The van der Waals surface area contributed by atoms with Gasteiger partial charge in [0.1, 0.15) is 11.6 Å². The van der Waals surface area contributed by atoms with Crippen molar-refractivity contribution in [2.24, 2.45) is 0 Å². The number of nitrogens with zero attached hydrogens (tertiary/aromatic N) is 2. The van der Waals surface area contributed by atoms with Crippen molar-refractivity contribution in [2.75, 3.05) is 51.3 Å². The maximum atomic E-state index is 14.0. The number of hydrogen-bond donors (Lipinski definition) is 1. The first-order valence-corrected chi connectivity index (χ1v) is 13.5. The quantitative estimate of drug-likeness (QED) is 0.420. The second kappa shape index (κ2) is 12.2. The van der Waals surface area contributed by atoms with E-state index in [2.05, 4.69) is 10.2 Å². The van der Waals surface area contributed by atoms with E-state index in [0.29, 0.717) is 55.5 Å². The Bertz CT molecular complexity index is 1330. The van der Waals surface area contributed by atoms with E-state index in [4.69, 9.17) is 21.1 Å². The summed E-state index contributed by atoms with van der Waals surface area (Å²) < 4.78 is 24.8. The van der Waals surface area contributed by atoms with Crippen LogP contribution in [0.3, 0.4) is 0 Å². The van der Waals surface area contributed by atoms with E-state index in [1.807, 2.05) is 43.3 Å². The molecule has 0 aromatic heterocycles. The van der Waals surface area contributed by atoms with Crippen molar-refractivity contribution in [1.82, 2.24) is 9.80 Å². The van der Waals surface area contributed by atoms with Crippen molar-refractivity contribution >= 4 is 29.1 Å². The number of hydrogen-bond acceptors (Lipinski definition) is 5. The zero-order valence-electron chi connectivity index (χ0n) is 21.7. The lowest BCUT2D eigenvalue weighted by Crippen LogP contribution is -2.49. The highest BCUT2D eigenvalue weighted by Crippen LogP contribution is 2.44. The first-order valence-electron chi connectivity index (χ1n) is 13.1. The lowest BCUT2D eigenvalue weighted by Gasteiger charge is -2.43. The molecule has 5 rings (SSSR count). The Morgan fingerprint density at radius 3 is 2.54 bits per heavy atom. The van der Waals surface area contributed by atoms with Gasteiger partial charge < -0.3 is 19.7 Å². The number of benzene rings is 3. The first kappa shape index (κ1) is 27.1. The van der Waals surface area contributed by atoms with Gasteiger partial charge in [0.15, 0.2) is 0 Å². The summed E-state index contributed by atoms with van der Waals surface area (Å²) in [6.45, 7) is 6.43. The first-order chi connectivity index (χ1) is 19.0. The van der Waals surface area contributed by atoms with Crippen LogP contribution in [0.15, 0.2) is 66.7 Å². The summed E-state index contributed by atoms with van der Waals surface area (Å²) in [4.78, 5) is 32.0. The number of carbonyl (C=O) groups is 2. The van der Waals surface area contributed by atoms with Gasteiger partial charge in [0, 0.05) is 31.7 Å². The van der Waals surface area contributed by atoms with Gasteiger partial charge in [-0.2, -0.15) is 0 Å². The predicted molar refractivity (Wildman–Crippen MR) is 148 cm³/mol. The molecule has 3 aromatic rings. The number of anilines is 1. The number of nitrogens with one attached hydrogen (secondary N) is 1. The molecule has 0 radical (unpaired) electrons. The SMILES string of the molecule is CCOc1ccc([C@@H]2[C@@H](C(=O)Nc3ccc(F)cc3Cl)c3ccccc3C(=O)N2CCN2CCOCC2)cc1. The number of halogens is 2. The minimum atomic E-state index is -0.734. The largest absolute Gasteiger partial charge is 0.494 e. The van der Waals surface area contributed by atoms with Gasteiger partial charge >= 0.3 is 0 Å². The average Bonchev–Trinajstić information content (AvgIpc) is 2.95. The van der Waals surface area contributed by atoms with E-state index < -0.39 is 17.8 Å². The molecule has 0 saturated carbocycles. The summed E-state index contributed by atoms with van der Waals surface area (Å²) in [5.74, 6) is -0.973. The molecule has 1 fully saturated rings. The number of rotatable bonds is 8. The standard InChI is InChI=1S/C30H31ClFN3O4/c1-2-39-22-10-7-20(8-11-22)28-27(29(36)33-26-12-9-21(32)19-25(26)31)23-5-3-4-6-24(23)30(37)35(28)14-13-34-15-17-38-18-16-34/h3-12,19,27-28H,2,13-18H2,1H3,(H,33,36)/t27-,28+/m0/s1. The van der Waals surface area contributed by atoms with E-state index >= 15 is 0 Å². The van der Waals surface area contributed by atoms with Crippen LogP contribution in [-0.2, 0) is 9.53 Å². The molecule has 2 aliphatic heterocycles. The van der Waals surface area contributed by atoms with Crippen LogP contribution in [0.25, 0.3) is 0 Å². The molecule has 2 amide bonds. The van der Waals surface area contributed by atoms with Crippen molar-refractivity contribution in [3.63, 3.8) is 0 Å². The van der Waals surface area contributed by atoms with Gasteiger partial charge in [-0.15, -0.1) is 0 Å². The Labute approximate surface area is 232 Å². The number of fused-ring (bicyclic) bond motifs is 1. The molecule has 1 saturated heterocycles. The Hall–Kier alpha value is -3.46. The molecular weight excluding hydrogens is 521 g/mol. The van der Waals surface area contributed by atoms with Crippen LogP contribution in [0.2, 0.25) is 5.02 Å². The predicted octanol–water partition coefficient (Wildman–Crippen LogP) is 5.13. The number of carbonyl (C=O) groups excluding carboxylic acids is 2. The van der Waals surface area contributed by atoms with Crippen molar-refractivity contribution < 1.29 is 23.5 Å². The molecule has 1 N–H and O–H groups in total. The van der Waals surface area contributed by atoms with Gasteiger partial charge in [0.25, 0.3) is 5.91 Å². The third kappa shape index (κ3) is 5.93. The van der Waals surface area contributed by atoms with E-state index in [0.717, 1.165) is 24.7 Å². The van der Waals surface area contributed by atoms with Gasteiger partial charge in [0.2, 0.25) is 5.91 Å². The van der Waals surface area contributed by atoms with Crippen molar-refractivity contribution in [2.45, 2.75) is 18.9 Å². The third-order valence-corrected chi connectivity index (χ3v) is 7.52. The van der Waals surface area contributed by atoms with Gasteiger partial charge in [-0.1, -0.05) is 41.9 Å². The Morgan fingerprint density at radius 2 is 1.82 bits per heavy atom. The monoisotopic (exact) mass is 551 g/mol. The molecule has 2 heterocycles. The van der Waals surface area contributed by atoms with Crippen molar-refractivity contribution in [1.29, 1.82) is 0 Å². The van der Waals surface area contributed by atoms with Crippen LogP contribution in [-0.4, -0.2) is 67.6 Å². The summed E-state index contributed by atoms with van der Waals surface area (Å²) in [6.07, 6.45) is 0. The molecule has 7 nitrogen and oxygen atoms in total. The lowest BCUT2D eigenvalue weighted by molar-refractivity contribution is -0.119. The molecule has 2 atom stereocenters. The Morgan fingerprint density at radius 1 is 1.08 bits per heavy atom.